The first kappa shape index (κ1) is 12.1. The van der Waals surface area contributed by atoms with Crippen LogP contribution in [0.2, 0.25) is 0 Å². The van der Waals surface area contributed by atoms with Crippen LogP contribution in [0, 0.1) is 0 Å². The van der Waals surface area contributed by atoms with E-state index < -0.39 is 0 Å². The number of H-pyrrole nitrogens is 1. The number of alkyl halides is 1. The number of aromatic amines is 1. The minimum Gasteiger partial charge on any atom is -0.339 e. The zero-order chi connectivity index (χ0) is 12.3. The highest BCUT2D eigenvalue weighted by Crippen LogP contribution is 2.20. The largest absolute Gasteiger partial charge is 0.339 e. The molecule has 0 unspecified atom stereocenters. The van der Waals surface area contributed by atoms with E-state index in [4.69, 9.17) is 11.6 Å². The van der Waals surface area contributed by atoms with E-state index in [1.807, 2.05) is 24.3 Å². The van der Waals surface area contributed by atoms with Gasteiger partial charge in [0.1, 0.15) is 4.47 Å². The number of hydrogen-bond donors (Lipinski definition) is 2. The Hall–Kier alpha value is -1.33. The Bertz CT molecular complexity index is 568. The Morgan fingerprint density at radius 1 is 1.35 bits per heavy atom. The topological polar surface area (TPSA) is 57.8 Å². The number of hydrogen-bond acceptors (Lipinski definition) is 3. The lowest BCUT2D eigenvalue weighted by Crippen LogP contribution is -2.09. The summed E-state index contributed by atoms with van der Waals surface area (Å²) in [7, 11) is 0. The highest BCUT2D eigenvalue weighted by Gasteiger charge is 2.05. The maximum atomic E-state index is 11.3. The molecule has 2 rings (SSSR count). The number of benzene rings is 1. The molecule has 0 radical (unpaired) electrons. The smallest absolute Gasteiger partial charge is 0.267 e. The third kappa shape index (κ3) is 2.87. The molecular weight excluding hydrogens is 305 g/mol. The maximum absolute atomic E-state index is 11.3. The van der Waals surface area contributed by atoms with Crippen molar-refractivity contribution < 1.29 is 0 Å². The van der Waals surface area contributed by atoms with Gasteiger partial charge in [0, 0.05) is 11.6 Å². The van der Waals surface area contributed by atoms with Gasteiger partial charge < -0.3 is 10.3 Å². The number of aromatic nitrogens is 2. The predicted octanol–water partition coefficient (Wildman–Crippen LogP) is 3.01. The summed E-state index contributed by atoms with van der Waals surface area (Å²) >= 11 is 8.88. The third-order valence-electron chi connectivity index (χ3n) is 2.17. The molecule has 0 saturated carbocycles. The first-order valence-electron chi connectivity index (χ1n) is 4.86. The fourth-order valence-electron chi connectivity index (χ4n) is 1.28. The van der Waals surface area contributed by atoms with E-state index in [1.165, 1.54) is 6.33 Å². The van der Waals surface area contributed by atoms with Crippen molar-refractivity contribution in [2.24, 2.45) is 0 Å². The van der Waals surface area contributed by atoms with Gasteiger partial charge >= 0.3 is 0 Å². The first-order valence-corrected chi connectivity index (χ1v) is 6.18. The van der Waals surface area contributed by atoms with Gasteiger partial charge in [-0.2, -0.15) is 0 Å². The van der Waals surface area contributed by atoms with Crippen LogP contribution in [0.25, 0.3) is 0 Å². The second kappa shape index (κ2) is 5.33. The van der Waals surface area contributed by atoms with E-state index in [-0.39, 0.29) is 5.56 Å². The molecule has 0 amide bonds. The standard InChI is InChI=1S/C11H9BrClN3O/c12-9-10(14-6-15-11(9)17)16-8-3-1-7(5-13)2-4-8/h1-4,6H,5H2,(H2,14,15,16,17). The fraction of sp³-hybridized carbons (Fsp3) is 0.0909. The molecule has 0 aliphatic heterocycles. The molecule has 88 valence electrons. The second-order valence-corrected chi connectivity index (χ2v) is 4.41. The molecule has 0 fully saturated rings. The van der Waals surface area contributed by atoms with Crippen molar-refractivity contribution in [1.29, 1.82) is 0 Å². The van der Waals surface area contributed by atoms with Crippen LogP contribution < -0.4 is 10.9 Å². The molecule has 17 heavy (non-hydrogen) atoms. The molecule has 1 aromatic heterocycles. The molecule has 0 aliphatic rings. The highest BCUT2D eigenvalue weighted by molar-refractivity contribution is 9.10. The van der Waals surface area contributed by atoms with Gasteiger partial charge in [0.15, 0.2) is 5.82 Å². The summed E-state index contributed by atoms with van der Waals surface area (Å²) in [6.07, 6.45) is 1.35. The van der Waals surface area contributed by atoms with Gasteiger partial charge in [-0.05, 0) is 33.6 Å². The van der Waals surface area contributed by atoms with Crippen LogP contribution in [0.5, 0.6) is 0 Å². The van der Waals surface area contributed by atoms with E-state index in [1.54, 1.807) is 0 Å². The third-order valence-corrected chi connectivity index (χ3v) is 3.21. The lowest BCUT2D eigenvalue weighted by molar-refractivity contribution is 1.10. The zero-order valence-corrected chi connectivity index (χ0v) is 11.0. The van der Waals surface area contributed by atoms with Gasteiger partial charge in [0.25, 0.3) is 5.56 Å². The lowest BCUT2D eigenvalue weighted by Gasteiger charge is -2.06. The van der Waals surface area contributed by atoms with E-state index in [0.29, 0.717) is 16.2 Å². The summed E-state index contributed by atoms with van der Waals surface area (Å²) in [5, 5.41) is 3.04. The molecule has 1 heterocycles. The summed E-state index contributed by atoms with van der Waals surface area (Å²) in [5.74, 6) is 0.958. The highest BCUT2D eigenvalue weighted by atomic mass is 79.9. The van der Waals surface area contributed by atoms with Crippen LogP contribution in [0.15, 0.2) is 39.9 Å². The molecule has 6 heteroatoms. The summed E-state index contributed by atoms with van der Waals surface area (Å²) in [5.41, 5.74) is 1.66. The Morgan fingerprint density at radius 2 is 2.06 bits per heavy atom. The average Bonchev–Trinajstić information content (AvgIpc) is 2.36. The average molecular weight is 315 g/mol. The SMILES string of the molecule is O=c1[nH]cnc(Nc2ccc(CCl)cc2)c1Br. The summed E-state index contributed by atoms with van der Waals surface area (Å²) < 4.78 is 0.376. The molecule has 4 nitrogen and oxygen atoms in total. The van der Waals surface area contributed by atoms with Gasteiger partial charge in [-0.25, -0.2) is 4.98 Å². The Kier molecular flexibility index (Phi) is 3.81. The van der Waals surface area contributed by atoms with Gasteiger partial charge in [-0.1, -0.05) is 12.1 Å². The van der Waals surface area contributed by atoms with Crippen molar-refractivity contribution in [3.05, 3.63) is 51.0 Å². The van der Waals surface area contributed by atoms with Gasteiger partial charge in [0.05, 0.1) is 6.33 Å². The van der Waals surface area contributed by atoms with Crippen molar-refractivity contribution in [1.82, 2.24) is 9.97 Å². The molecule has 2 aromatic rings. The summed E-state index contributed by atoms with van der Waals surface area (Å²) in [4.78, 5) is 17.8. The molecule has 0 atom stereocenters. The minimum atomic E-state index is -0.222. The normalized spacial score (nSPS) is 10.2. The number of nitrogens with zero attached hydrogens (tertiary/aromatic N) is 1. The minimum absolute atomic E-state index is 0.222. The van der Waals surface area contributed by atoms with E-state index in [0.717, 1.165) is 11.3 Å². The molecule has 0 saturated heterocycles. The van der Waals surface area contributed by atoms with Crippen molar-refractivity contribution >= 4 is 39.0 Å². The number of rotatable bonds is 3. The first-order chi connectivity index (χ1) is 8.20. The summed E-state index contributed by atoms with van der Waals surface area (Å²) in [6, 6.07) is 7.59. The van der Waals surface area contributed by atoms with Gasteiger partial charge in [-0.3, -0.25) is 4.79 Å². The quantitative estimate of drug-likeness (QED) is 0.856. The maximum Gasteiger partial charge on any atom is 0.267 e. The van der Waals surface area contributed by atoms with Crippen LogP contribution in [0.1, 0.15) is 5.56 Å². The molecule has 0 spiro atoms. The van der Waals surface area contributed by atoms with Crippen molar-refractivity contribution in [3.63, 3.8) is 0 Å². The van der Waals surface area contributed by atoms with E-state index >= 15 is 0 Å². The Morgan fingerprint density at radius 3 is 2.71 bits per heavy atom. The van der Waals surface area contributed by atoms with E-state index in [2.05, 4.69) is 31.2 Å². The van der Waals surface area contributed by atoms with Gasteiger partial charge in [-0.15, -0.1) is 11.6 Å². The lowest BCUT2D eigenvalue weighted by atomic mass is 10.2. The van der Waals surface area contributed by atoms with Crippen LogP contribution in [0.3, 0.4) is 0 Å². The van der Waals surface area contributed by atoms with Crippen molar-refractivity contribution in [3.8, 4) is 0 Å². The number of nitrogens with one attached hydrogen (secondary N) is 2. The molecule has 0 aliphatic carbocycles. The molecular formula is C11H9BrClN3O. The second-order valence-electron chi connectivity index (χ2n) is 3.35. The van der Waals surface area contributed by atoms with Crippen LogP contribution in [0.4, 0.5) is 11.5 Å². The van der Waals surface area contributed by atoms with Crippen LogP contribution >= 0.6 is 27.5 Å². The predicted molar refractivity (Wildman–Crippen MR) is 71.8 cm³/mol. The number of halogens is 2. The van der Waals surface area contributed by atoms with Crippen molar-refractivity contribution in [2.75, 3.05) is 5.32 Å². The zero-order valence-electron chi connectivity index (χ0n) is 8.71. The molecule has 0 bridgehead atoms. The van der Waals surface area contributed by atoms with E-state index in [9.17, 15) is 4.79 Å². The van der Waals surface area contributed by atoms with Crippen molar-refractivity contribution in [2.45, 2.75) is 5.88 Å². The Balaban J connectivity index is 2.25. The van der Waals surface area contributed by atoms with Crippen LogP contribution in [-0.2, 0) is 5.88 Å². The Labute approximate surface area is 111 Å². The summed E-state index contributed by atoms with van der Waals surface area (Å²) in [6.45, 7) is 0. The molecule has 2 N–H and O–H groups in total. The van der Waals surface area contributed by atoms with Gasteiger partial charge in [0.2, 0.25) is 0 Å². The molecule has 1 aromatic carbocycles. The number of anilines is 2. The van der Waals surface area contributed by atoms with Crippen LogP contribution in [-0.4, -0.2) is 9.97 Å². The fourth-order valence-corrected chi connectivity index (χ4v) is 1.78. The monoisotopic (exact) mass is 313 g/mol.